The van der Waals surface area contributed by atoms with E-state index >= 15 is 0 Å². The number of non-ortho nitro benzene ring substituents is 1. The Kier molecular flexibility index (Phi) is 3.74. The highest BCUT2D eigenvalue weighted by atomic mass is 16.6. The van der Waals surface area contributed by atoms with Crippen molar-refractivity contribution in [3.63, 3.8) is 0 Å². The second-order valence-electron chi connectivity index (χ2n) is 4.63. The van der Waals surface area contributed by atoms with E-state index in [9.17, 15) is 10.1 Å². The summed E-state index contributed by atoms with van der Waals surface area (Å²) in [5.41, 5.74) is 3.38. The minimum Gasteiger partial charge on any atom is -0.345 e. The third-order valence-corrected chi connectivity index (χ3v) is 3.10. The summed E-state index contributed by atoms with van der Waals surface area (Å²) in [5, 5.41) is 10.8. The van der Waals surface area contributed by atoms with E-state index in [1.165, 1.54) is 12.1 Å². The van der Waals surface area contributed by atoms with E-state index in [1.807, 2.05) is 24.3 Å². The summed E-state index contributed by atoms with van der Waals surface area (Å²) in [6.45, 7) is 0. The minimum absolute atomic E-state index is 0.0511. The van der Waals surface area contributed by atoms with Crippen LogP contribution >= 0.6 is 0 Å². The van der Waals surface area contributed by atoms with Crippen molar-refractivity contribution in [2.24, 2.45) is 4.99 Å². The van der Waals surface area contributed by atoms with Crippen LogP contribution in [-0.2, 0) is 0 Å². The highest BCUT2D eigenvalue weighted by Crippen LogP contribution is 2.22. The molecule has 6 nitrogen and oxygen atoms in total. The predicted molar refractivity (Wildman–Crippen MR) is 84.4 cm³/mol. The highest BCUT2D eigenvalue weighted by Gasteiger charge is 2.04. The second-order valence-corrected chi connectivity index (χ2v) is 4.63. The van der Waals surface area contributed by atoms with Crippen molar-refractivity contribution in [2.75, 3.05) is 0 Å². The molecule has 2 aromatic carbocycles. The normalized spacial score (nSPS) is 10.9. The van der Waals surface area contributed by atoms with Crippen molar-refractivity contribution >= 4 is 17.6 Å². The van der Waals surface area contributed by atoms with Crippen molar-refractivity contribution in [2.45, 2.75) is 0 Å². The number of aromatic nitrogens is 2. The molecule has 0 amide bonds. The van der Waals surface area contributed by atoms with Crippen LogP contribution in [0.15, 0.2) is 66.0 Å². The van der Waals surface area contributed by atoms with Gasteiger partial charge in [-0.2, -0.15) is 0 Å². The van der Waals surface area contributed by atoms with Gasteiger partial charge in [0, 0.05) is 23.9 Å². The minimum atomic E-state index is -0.420. The second kappa shape index (κ2) is 6.01. The lowest BCUT2D eigenvalue weighted by Crippen LogP contribution is -1.89. The zero-order valence-corrected chi connectivity index (χ0v) is 11.5. The van der Waals surface area contributed by atoms with E-state index in [0.29, 0.717) is 5.56 Å². The topological polar surface area (TPSA) is 84.2 Å². The molecule has 0 unspecified atom stereocenters. The van der Waals surface area contributed by atoms with Crippen LogP contribution in [0.5, 0.6) is 0 Å². The van der Waals surface area contributed by atoms with Gasteiger partial charge >= 0.3 is 0 Å². The van der Waals surface area contributed by atoms with E-state index in [-0.39, 0.29) is 5.69 Å². The maximum absolute atomic E-state index is 10.8. The number of rotatable bonds is 4. The van der Waals surface area contributed by atoms with Gasteiger partial charge in [0.25, 0.3) is 5.69 Å². The average molecular weight is 292 g/mol. The molecule has 0 fully saturated rings. The van der Waals surface area contributed by atoms with Crippen molar-refractivity contribution < 1.29 is 4.92 Å². The summed E-state index contributed by atoms with van der Waals surface area (Å²) in [6, 6.07) is 14.0. The van der Waals surface area contributed by atoms with Crippen LogP contribution in [0.2, 0.25) is 0 Å². The third-order valence-electron chi connectivity index (χ3n) is 3.10. The Morgan fingerprint density at radius 2 is 2.05 bits per heavy atom. The number of hydrogen-bond donors (Lipinski definition) is 1. The number of H-pyrrole nitrogens is 1. The molecule has 0 saturated carbocycles. The molecule has 1 aromatic heterocycles. The van der Waals surface area contributed by atoms with Gasteiger partial charge in [-0.25, -0.2) is 4.98 Å². The van der Waals surface area contributed by atoms with Gasteiger partial charge < -0.3 is 4.98 Å². The van der Waals surface area contributed by atoms with Gasteiger partial charge in [-0.3, -0.25) is 15.1 Å². The van der Waals surface area contributed by atoms with Crippen molar-refractivity contribution in [1.29, 1.82) is 0 Å². The van der Waals surface area contributed by atoms with Gasteiger partial charge in [-0.1, -0.05) is 24.3 Å². The van der Waals surface area contributed by atoms with E-state index in [2.05, 4.69) is 15.0 Å². The van der Waals surface area contributed by atoms with Crippen LogP contribution in [0, 0.1) is 10.1 Å². The molecule has 0 bridgehead atoms. The molecule has 0 aliphatic carbocycles. The summed E-state index contributed by atoms with van der Waals surface area (Å²) < 4.78 is 0. The lowest BCUT2D eigenvalue weighted by atomic mass is 10.1. The number of nitro benzene ring substituents is 1. The summed E-state index contributed by atoms with van der Waals surface area (Å²) in [6.07, 6.45) is 4.97. The summed E-state index contributed by atoms with van der Waals surface area (Å²) in [5.74, 6) is 0. The van der Waals surface area contributed by atoms with E-state index in [0.717, 1.165) is 16.9 Å². The first kappa shape index (κ1) is 13.7. The van der Waals surface area contributed by atoms with E-state index in [1.54, 1.807) is 30.9 Å². The number of aliphatic imine (C=N–C) groups is 1. The van der Waals surface area contributed by atoms with Crippen molar-refractivity contribution in [3.05, 3.63) is 76.7 Å². The first-order valence-electron chi connectivity index (χ1n) is 6.60. The average Bonchev–Trinajstić information content (AvgIpc) is 3.08. The molecule has 108 valence electrons. The molecule has 6 heteroatoms. The highest BCUT2D eigenvalue weighted by molar-refractivity contribution is 5.83. The smallest absolute Gasteiger partial charge is 0.270 e. The van der Waals surface area contributed by atoms with Gasteiger partial charge in [0.15, 0.2) is 0 Å². The van der Waals surface area contributed by atoms with Gasteiger partial charge in [0.05, 0.1) is 28.8 Å². The number of aromatic amines is 1. The van der Waals surface area contributed by atoms with E-state index in [4.69, 9.17) is 0 Å². The van der Waals surface area contributed by atoms with Gasteiger partial charge in [0.1, 0.15) is 0 Å². The fourth-order valence-electron chi connectivity index (χ4n) is 2.04. The van der Waals surface area contributed by atoms with Gasteiger partial charge in [-0.15, -0.1) is 0 Å². The van der Waals surface area contributed by atoms with Gasteiger partial charge in [-0.05, 0) is 17.7 Å². The Hall–Kier alpha value is -3.28. The molecule has 0 atom stereocenters. The van der Waals surface area contributed by atoms with Gasteiger partial charge in [0.2, 0.25) is 0 Å². The molecule has 1 heterocycles. The maximum Gasteiger partial charge on any atom is 0.270 e. The molecule has 0 aliphatic heterocycles. The molecule has 0 spiro atoms. The van der Waals surface area contributed by atoms with Crippen LogP contribution in [0.1, 0.15) is 5.56 Å². The summed E-state index contributed by atoms with van der Waals surface area (Å²) in [4.78, 5) is 21.7. The number of nitrogens with one attached hydrogen (secondary N) is 1. The quantitative estimate of drug-likeness (QED) is 0.451. The Bertz CT molecular complexity index is 826. The van der Waals surface area contributed by atoms with Crippen LogP contribution in [-0.4, -0.2) is 21.1 Å². The summed E-state index contributed by atoms with van der Waals surface area (Å²) >= 11 is 0. The molecule has 0 radical (unpaired) electrons. The summed E-state index contributed by atoms with van der Waals surface area (Å²) in [7, 11) is 0. The van der Waals surface area contributed by atoms with Crippen LogP contribution in [0.4, 0.5) is 11.4 Å². The molecule has 3 aromatic rings. The molecule has 0 aliphatic rings. The first-order chi connectivity index (χ1) is 10.7. The third kappa shape index (κ3) is 3.06. The largest absolute Gasteiger partial charge is 0.345 e. The molecular weight excluding hydrogens is 280 g/mol. The lowest BCUT2D eigenvalue weighted by Gasteiger charge is -1.99. The van der Waals surface area contributed by atoms with Crippen LogP contribution < -0.4 is 0 Å². The SMILES string of the molecule is O=[N+]([O-])c1cccc(C=Nc2cccc(-c3cnc[nH]3)c2)c1. The zero-order chi connectivity index (χ0) is 15.4. The molecule has 22 heavy (non-hydrogen) atoms. The molecule has 0 saturated heterocycles. The zero-order valence-electron chi connectivity index (χ0n) is 11.5. The van der Waals surface area contributed by atoms with Crippen LogP contribution in [0.3, 0.4) is 0 Å². The van der Waals surface area contributed by atoms with Crippen molar-refractivity contribution in [3.8, 4) is 11.3 Å². The fraction of sp³-hybridized carbons (Fsp3) is 0. The Labute approximate surface area is 126 Å². The Morgan fingerprint density at radius 3 is 2.82 bits per heavy atom. The number of hydrogen-bond acceptors (Lipinski definition) is 4. The van der Waals surface area contributed by atoms with E-state index < -0.39 is 4.92 Å². The number of imidazole rings is 1. The number of nitrogens with zero attached hydrogens (tertiary/aromatic N) is 3. The molecular formula is C16H12N4O2. The Balaban J connectivity index is 1.85. The predicted octanol–water partition coefficient (Wildman–Crippen LogP) is 3.74. The number of nitro groups is 1. The van der Waals surface area contributed by atoms with Crippen molar-refractivity contribution in [1.82, 2.24) is 9.97 Å². The molecule has 3 rings (SSSR count). The maximum atomic E-state index is 10.8. The van der Waals surface area contributed by atoms with Crippen LogP contribution in [0.25, 0.3) is 11.3 Å². The first-order valence-corrected chi connectivity index (χ1v) is 6.60. The fourth-order valence-corrected chi connectivity index (χ4v) is 2.04. The monoisotopic (exact) mass is 292 g/mol. The standard InChI is InChI=1S/C16H12N4O2/c21-20(22)15-6-1-3-12(7-15)9-18-14-5-2-4-13(8-14)16-10-17-11-19-16/h1-11H,(H,17,19). The number of benzene rings is 2. The molecule has 1 N–H and O–H groups in total. The Morgan fingerprint density at radius 1 is 1.18 bits per heavy atom. The lowest BCUT2D eigenvalue weighted by molar-refractivity contribution is -0.384.